The Labute approximate surface area is 108 Å². The summed E-state index contributed by atoms with van der Waals surface area (Å²) in [5, 5.41) is 0. The Hall–Kier alpha value is -0.650. The molecule has 0 N–H and O–H groups in total. The molecule has 0 spiro atoms. The van der Waals surface area contributed by atoms with Crippen LogP contribution in [0.4, 0.5) is 10.1 Å². The van der Waals surface area contributed by atoms with E-state index in [1.165, 1.54) is 0 Å². The lowest BCUT2D eigenvalue weighted by molar-refractivity contribution is -0.111. The van der Waals surface area contributed by atoms with E-state index in [1.54, 1.807) is 6.07 Å². The number of hydrogen-bond acceptors (Lipinski definition) is 2. The number of halogens is 2. The summed E-state index contributed by atoms with van der Waals surface area (Å²) in [6.07, 6.45) is 2.67. The fourth-order valence-corrected chi connectivity index (χ4v) is 2.47. The zero-order valence-corrected chi connectivity index (χ0v) is 11.0. The first-order chi connectivity index (χ1) is 7.70. The zero-order valence-electron chi connectivity index (χ0n) is 8.83. The molecule has 2 nitrogen and oxygen atoms in total. The first kappa shape index (κ1) is 11.8. The third kappa shape index (κ3) is 2.53. The molecular weight excluding hydrogens is 320 g/mol. The molecule has 1 fully saturated rings. The van der Waals surface area contributed by atoms with Crippen LogP contribution in [0, 0.1) is 15.3 Å². The molecule has 16 heavy (non-hydrogen) atoms. The van der Waals surface area contributed by atoms with Gasteiger partial charge in [0, 0.05) is 22.6 Å². The minimum Gasteiger partial charge on any atom is -0.369 e. The number of carbonyl (C=O) groups excluding carboxylic acids is 1. The lowest BCUT2D eigenvalue weighted by atomic mass is 9.98. The van der Waals surface area contributed by atoms with Gasteiger partial charge in [-0.25, -0.2) is 4.39 Å². The summed E-state index contributed by atoms with van der Waals surface area (Å²) in [5.74, 6) is -0.0142. The van der Waals surface area contributed by atoms with E-state index >= 15 is 0 Å². The van der Waals surface area contributed by atoms with E-state index in [1.807, 2.05) is 17.0 Å². The summed E-state index contributed by atoms with van der Waals surface area (Å²) in [4.78, 5) is 12.6. The van der Waals surface area contributed by atoms with Crippen molar-refractivity contribution in [2.75, 3.05) is 18.0 Å². The summed E-state index contributed by atoms with van der Waals surface area (Å²) >= 11 is 2.10. The van der Waals surface area contributed by atoms with Crippen LogP contribution in [0.5, 0.6) is 0 Å². The second-order valence-electron chi connectivity index (χ2n) is 4.06. The van der Waals surface area contributed by atoms with Gasteiger partial charge in [0.2, 0.25) is 0 Å². The van der Waals surface area contributed by atoms with E-state index in [9.17, 15) is 9.18 Å². The van der Waals surface area contributed by atoms with Crippen molar-refractivity contribution in [1.82, 2.24) is 0 Å². The Bertz CT molecular complexity index is 389. The van der Waals surface area contributed by atoms with Crippen molar-refractivity contribution in [1.29, 1.82) is 0 Å². The molecule has 4 heteroatoms. The highest BCUT2D eigenvalue weighted by atomic mass is 127. The normalized spacial score (nSPS) is 17.5. The lowest BCUT2D eigenvalue weighted by Crippen LogP contribution is -2.34. The first-order valence-electron chi connectivity index (χ1n) is 5.36. The van der Waals surface area contributed by atoms with Crippen molar-refractivity contribution in [3.05, 3.63) is 27.6 Å². The molecule has 1 aromatic carbocycles. The van der Waals surface area contributed by atoms with Gasteiger partial charge in [-0.2, -0.15) is 0 Å². The van der Waals surface area contributed by atoms with Crippen molar-refractivity contribution in [2.45, 2.75) is 12.8 Å². The highest BCUT2D eigenvalue weighted by molar-refractivity contribution is 14.1. The molecule has 86 valence electrons. The van der Waals surface area contributed by atoms with Crippen LogP contribution in [0.15, 0.2) is 18.2 Å². The van der Waals surface area contributed by atoms with E-state index in [0.29, 0.717) is 5.69 Å². The Morgan fingerprint density at radius 3 is 2.62 bits per heavy atom. The lowest BCUT2D eigenvalue weighted by Gasteiger charge is -2.31. The van der Waals surface area contributed by atoms with Gasteiger partial charge >= 0.3 is 0 Å². The van der Waals surface area contributed by atoms with Gasteiger partial charge in [-0.1, -0.05) is 0 Å². The quantitative estimate of drug-likeness (QED) is 0.613. The molecule has 2 rings (SSSR count). The van der Waals surface area contributed by atoms with Crippen LogP contribution >= 0.6 is 22.6 Å². The van der Waals surface area contributed by atoms with E-state index < -0.39 is 0 Å². The average molecular weight is 333 g/mol. The number of carbonyl (C=O) groups is 1. The molecule has 0 saturated carbocycles. The van der Waals surface area contributed by atoms with Gasteiger partial charge in [0.05, 0.1) is 5.69 Å². The predicted molar refractivity (Wildman–Crippen MR) is 70.1 cm³/mol. The van der Waals surface area contributed by atoms with Gasteiger partial charge in [-0.15, -0.1) is 0 Å². The molecule has 0 unspecified atom stereocenters. The highest BCUT2D eigenvalue weighted by Gasteiger charge is 2.20. The number of piperidine rings is 1. The molecule has 1 heterocycles. The smallest absolute Gasteiger partial charge is 0.147 e. The molecule has 0 aromatic heterocycles. The maximum atomic E-state index is 13.7. The number of benzene rings is 1. The summed E-state index contributed by atoms with van der Waals surface area (Å²) in [6, 6.07) is 5.27. The van der Waals surface area contributed by atoms with Crippen LogP contribution < -0.4 is 4.90 Å². The van der Waals surface area contributed by atoms with E-state index in [4.69, 9.17) is 0 Å². The molecule has 0 amide bonds. The SMILES string of the molecule is O=CC1CCN(c2ccc(I)cc2F)CC1. The molecule has 0 radical (unpaired) electrons. The number of hydrogen-bond donors (Lipinski definition) is 0. The van der Waals surface area contributed by atoms with Crippen molar-refractivity contribution < 1.29 is 9.18 Å². The fraction of sp³-hybridized carbons (Fsp3) is 0.417. The third-order valence-electron chi connectivity index (χ3n) is 2.98. The molecule has 0 bridgehead atoms. The van der Waals surface area contributed by atoms with Crippen LogP contribution in [0.2, 0.25) is 0 Å². The van der Waals surface area contributed by atoms with Crippen molar-refractivity contribution >= 4 is 34.6 Å². The van der Waals surface area contributed by atoms with Gasteiger partial charge in [0.25, 0.3) is 0 Å². The van der Waals surface area contributed by atoms with Gasteiger partial charge in [0.1, 0.15) is 12.1 Å². The number of aldehydes is 1. The summed E-state index contributed by atoms with van der Waals surface area (Å²) in [7, 11) is 0. The van der Waals surface area contributed by atoms with Gasteiger partial charge < -0.3 is 9.69 Å². The topological polar surface area (TPSA) is 20.3 Å². The Kier molecular flexibility index (Phi) is 3.78. The predicted octanol–water partition coefficient (Wildman–Crippen LogP) is 2.85. The van der Waals surface area contributed by atoms with Crippen LogP contribution in [-0.4, -0.2) is 19.4 Å². The Morgan fingerprint density at radius 2 is 2.06 bits per heavy atom. The fourth-order valence-electron chi connectivity index (χ4n) is 2.01. The first-order valence-corrected chi connectivity index (χ1v) is 6.44. The summed E-state index contributed by atoms with van der Waals surface area (Å²) in [6.45, 7) is 1.53. The van der Waals surface area contributed by atoms with Gasteiger partial charge in [0.15, 0.2) is 0 Å². The highest BCUT2D eigenvalue weighted by Crippen LogP contribution is 2.25. The molecular formula is C12H13FINO. The van der Waals surface area contributed by atoms with Crippen molar-refractivity contribution in [2.24, 2.45) is 5.92 Å². The van der Waals surface area contributed by atoms with Crippen molar-refractivity contribution in [3.63, 3.8) is 0 Å². The molecule has 1 aliphatic rings. The van der Waals surface area contributed by atoms with Crippen LogP contribution in [0.1, 0.15) is 12.8 Å². The molecule has 1 aliphatic heterocycles. The Morgan fingerprint density at radius 1 is 1.38 bits per heavy atom. The van der Waals surface area contributed by atoms with Gasteiger partial charge in [-0.05, 0) is 53.6 Å². The maximum Gasteiger partial charge on any atom is 0.147 e. The summed E-state index contributed by atoms with van der Waals surface area (Å²) < 4.78 is 14.6. The van der Waals surface area contributed by atoms with E-state index in [-0.39, 0.29) is 11.7 Å². The minimum absolute atomic E-state index is 0.156. The maximum absolute atomic E-state index is 13.7. The minimum atomic E-state index is -0.170. The standard InChI is InChI=1S/C12H13FINO/c13-11-7-10(14)1-2-12(11)15-5-3-9(8-16)4-6-15/h1-2,7-9H,3-6H2. The molecule has 1 saturated heterocycles. The monoisotopic (exact) mass is 333 g/mol. The van der Waals surface area contributed by atoms with E-state index in [0.717, 1.165) is 35.8 Å². The largest absolute Gasteiger partial charge is 0.369 e. The number of nitrogens with zero attached hydrogens (tertiary/aromatic N) is 1. The number of anilines is 1. The van der Waals surface area contributed by atoms with Crippen LogP contribution in [0.3, 0.4) is 0 Å². The van der Waals surface area contributed by atoms with Crippen LogP contribution in [0.25, 0.3) is 0 Å². The second kappa shape index (κ2) is 5.12. The van der Waals surface area contributed by atoms with Crippen LogP contribution in [-0.2, 0) is 4.79 Å². The molecule has 0 aliphatic carbocycles. The molecule has 1 aromatic rings. The van der Waals surface area contributed by atoms with Gasteiger partial charge in [-0.3, -0.25) is 0 Å². The zero-order chi connectivity index (χ0) is 11.5. The Balaban J connectivity index is 2.11. The third-order valence-corrected chi connectivity index (χ3v) is 3.65. The average Bonchev–Trinajstić information content (AvgIpc) is 2.29. The van der Waals surface area contributed by atoms with E-state index in [2.05, 4.69) is 22.6 Å². The summed E-state index contributed by atoms with van der Waals surface area (Å²) in [5.41, 5.74) is 0.657. The second-order valence-corrected chi connectivity index (χ2v) is 5.30. The molecule has 0 atom stereocenters. The number of rotatable bonds is 2. The van der Waals surface area contributed by atoms with Crippen molar-refractivity contribution in [3.8, 4) is 0 Å².